The first-order valence-electron chi connectivity index (χ1n) is 10.1. The Bertz CT molecular complexity index is 698. The summed E-state index contributed by atoms with van der Waals surface area (Å²) in [4.78, 5) is 0. The van der Waals surface area contributed by atoms with Gasteiger partial charge in [0.05, 0.1) is 19.8 Å². The molecule has 0 fully saturated rings. The SMILES string of the molecule is NC(CCOc1ccccc1)(CCOc1ccccc1)CCOc1ccccc1. The monoisotopic (exact) mass is 391 g/mol. The summed E-state index contributed by atoms with van der Waals surface area (Å²) in [5.74, 6) is 2.57. The summed E-state index contributed by atoms with van der Waals surface area (Å²) in [5.41, 5.74) is 6.32. The fourth-order valence-electron chi connectivity index (χ4n) is 3.04. The van der Waals surface area contributed by atoms with Gasteiger partial charge in [0.25, 0.3) is 0 Å². The van der Waals surface area contributed by atoms with Gasteiger partial charge in [-0.2, -0.15) is 0 Å². The number of hydrogen-bond acceptors (Lipinski definition) is 4. The van der Waals surface area contributed by atoms with Crippen LogP contribution in [0.3, 0.4) is 0 Å². The van der Waals surface area contributed by atoms with Crippen molar-refractivity contribution in [2.45, 2.75) is 24.8 Å². The molecule has 0 radical (unpaired) electrons. The van der Waals surface area contributed by atoms with Crippen molar-refractivity contribution in [1.82, 2.24) is 0 Å². The van der Waals surface area contributed by atoms with E-state index in [2.05, 4.69) is 0 Å². The Morgan fingerprint density at radius 1 is 0.483 bits per heavy atom. The summed E-state index contributed by atoms with van der Waals surface area (Å²) in [6.07, 6.45) is 2.16. The molecule has 152 valence electrons. The maximum absolute atomic E-state index is 6.75. The molecular formula is C25H29NO3. The van der Waals surface area contributed by atoms with Crippen molar-refractivity contribution in [2.24, 2.45) is 5.73 Å². The zero-order valence-electron chi connectivity index (χ0n) is 16.7. The molecule has 3 aromatic carbocycles. The standard InChI is InChI=1S/C25H29NO3/c26-25(16-19-27-22-10-4-1-5-11-22,17-20-28-23-12-6-2-7-13-23)18-21-29-24-14-8-3-9-15-24/h1-15H,16-21,26H2. The van der Waals surface area contributed by atoms with E-state index >= 15 is 0 Å². The van der Waals surface area contributed by atoms with Crippen molar-refractivity contribution in [2.75, 3.05) is 19.8 Å². The lowest BCUT2D eigenvalue weighted by atomic mass is 9.89. The lowest BCUT2D eigenvalue weighted by Gasteiger charge is -2.29. The van der Waals surface area contributed by atoms with Crippen molar-refractivity contribution in [3.8, 4) is 17.2 Å². The van der Waals surface area contributed by atoms with E-state index in [9.17, 15) is 0 Å². The summed E-state index contributed by atoms with van der Waals surface area (Å²) in [5, 5.41) is 0. The third-order valence-electron chi connectivity index (χ3n) is 4.84. The predicted octanol–water partition coefficient (Wildman–Crippen LogP) is 5.09. The van der Waals surface area contributed by atoms with Gasteiger partial charge in [-0.25, -0.2) is 0 Å². The van der Waals surface area contributed by atoms with Gasteiger partial charge in [0.2, 0.25) is 0 Å². The van der Waals surface area contributed by atoms with Gasteiger partial charge < -0.3 is 19.9 Å². The smallest absolute Gasteiger partial charge is 0.119 e. The number of ether oxygens (including phenoxy) is 3. The zero-order valence-corrected chi connectivity index (χ0v) is 16.7. The molecule has 0 saturated heterocycles. The van der Waals surface area contributed by atoms with Crippen LogP contribution in [-0.2, 0) is 0 Å². The summed E-state index contributed by atoms with van der Waals surface area (Å²) in [7, 11) is 0. The van der Waals surface area contributed by atoms with E-state index in [1.807, 2.05) is 91.0 Å². The van der Waals surface area contributed by atoms with Gasteiger partial charge in [-0.1, -0.05) is 54.6 Å². The van der Waals surface area contributed by atoms with Crippen LogP contribution in [0.1, 0.15) is 19.3 Å². The molecule has 4 nitrogen and oxygen atoms in total. The van der Waals surface area contributed by atoms with E-state index in [0.717, 1.165) is 36.5 Å². The van der Waals surface area contributed by atoms with E-state index in [0.29, 0.717) is 19.8 Å². The van der Waals surface area contributed by atoms with Gasteiger partial charge >= 0.3 is 0 Å². The molecule has 0 unspecified atom stereocenters. The maximum Gasteiger partial charge on any atom is 0.119 e. The highest BCUT2D eigenvalue weighted by Crippen LogP contribution is 2.21. The minimum absolute atomic E-state index is 0.432. The van der Waals surface area contributed by atoms with Crippen molar-refractivity contribution in [3.63, 3.8) is 0 Å². The Labute approximate surface area is 173 Å². The Morgan fingerprint density at radius 2 is 0.759 bits per heavy atom. The van der Waals surface area contributed by atoms with Crippen LogP contribution in [-0.4, -0.2) is 25.4 Å². The molecule has 0 heterocycles. The highest BCUT2D eigenvalue weighted by atomic mass is 16.5. The average molecular weight is 392 g/mol. The largest absolute Gasteiger partial charge is 0.494 e. The van der Waals surface area contributed by atoms with E-state index in [1.165, 1.54) is 0 Å². The third-order valence-corrected chi connectivity index (χ3v) is 4.84. The van der Waals surface area contributed by atoms with Crippen molar-refractivity contribution < 1.29 is 14.2 Å². The Morgan fingerprint density at radius 3 is 1.03 bits per heavy atom. The van der Waals surface area contributed by atoms with E-state index in [-0.39, 0.29) is 0 Å². The first-order valence-corrected chi connectivity index (χ1v) is 10.1. The second-order valence-corrected chi connectivity index (χ2v) is 7.10. The molecule has 0 aliphatic carbocycles. The van der Waals surface area contributed by atoms with Gasteiger partial charge in [-0.3, -0.25) is 0 Å². The minimum Gasteiger partial charge on any atom is -0.494 e. The second kappa shape index (κ2) is 11.1. The van der Waals surface area contributed by atoms with Crippen LogP contribution < -0.4 is 19.9 Å². The third kappa shape index (κ3) is 7.51. The number of rotatable bonds is 12. The summed E-state index contributed by atoms with van der Waals surface area (Å²) < 4.78 is 17.6. The van der Waals surface area contributed by atoms with Crippen LogP contribution in [0.4, 0.5) is 0 Å². The fraction of sp³-hybridized carbons (Fsp3) is 0.280. The minimum atomic E-state index is -0.432. The molecule has 2 N–H and O–H groups in total. The first-order chi connectivity index (χ1) is 14.2. The quantitative estimate of drug-likeness (QED) is 0.467. The van der Waals surface area contributed by atoms with Crippen LogP contribution in [0.2, 0.25) is 0 Å². The van der Waals surface area contributed by atoms with Crippen LogP contribution in [0.25, 0.3) is 0 Å². The molecule has 0 amide bonds. The van der Waals surface area contributed by atoms with E-state index < -0.39 is 5.54 Å². The average Bonchev–Trinajstić information content (AvgIpc) is 2.76. The van der Waals surface area contributed by atoms with Crippen LogP contribution in [0.5, 0.6) is 17.2 Å². The molecule has 0 aliphatic rings. The van der Waals surface area contributed by atoms with Gasteiger partial charge in [0.15, 0.2) is 0 Å². The maximum atomic E-state index is 6.75. The second-order valence-electron chi connectivity index (χ2n) is 7.10. The number of nitrogens with two attached hydrogens (primary N) is 1. The molecular weight excluding hydrogens is 362 g/mol. The lowest BCUT2D eigenvalue weighted by Crippen LogP contribution is -2.44. The number of hydrogen-bond donors (Lipinski definition) is 1. The van der Waals surface area contributed by atoms with Crippen LogP contribution in [0.15, 0.2) is 91.0 Å². The number of para-hydroxylation sites is 3. The summed E-state index contributed by atoms with van der Waals surface area (Å²) in [6, 6.07) is 29.4. The summed E-state index contributed by atoms with van der Waals surface area (Å²) in [6.45, 7) is 1.66. The van der Waals surface area contributed by atoms with Gasteiger partial charge in [-0.15, -0.1) is 0 Å². The predicted molar refractivity (Wildman–Crippen MR) is 117 cm³/mol. The molecule has 3 aromatic rings. The fourth-order valence-corrected chi connectivity index (χ4v) is 3.04. The van der Waals surface area contributed by atoms with Crippen molar-refractivity contribution in [1.29, 1.82) is 0 Å². The van der Waals surface area contributed by atoms with Gasteiger partial charge in [0, 0.05) is 5.54 Å². The van der Waals surface area contributed by atoms with Crippen LogP contribution >= 0.6 is 0 Å². The molecule has 0 spiro atoms. The first kappa shape index (κ1) is 20.7. The Kier molecular flexibility index (Phi) is 7.96. The topological polar surface area (TPSA) is 53.7 Å². The Balaban J connectivity index is 1.51. The molecule has 29 heavy (non-hydrogen) atoms. The Hall–Kier alpha value is -2.98. The zero-order chi connectivity index (χ0) is 20.2. The molecule has 0 aromatic heterocycles. The van der Waals surface area contributed by atoms with Crippen LogP contribution in [0, 0.1) is 0 Å². The number of benzene rings is 3. The van der Waals surface area contributed by atoms with Crippen molar-refractivity contribution >= 4 is 0 Å². The molecule has 3 rings (SSSR count). The molecule has 0 atom stereocenters. The highest BCUT2D eigenvalue weighted by Gasteiger charge is 2.25. The van der Waals surface area contributed by atoms with E-state index in [1.54, 1.807) is 0 Å². The molecule has 0 aliphatic heterocycles. The normalized spacial score (nSPS) is 11.1. The van der Waals surface area contributed by atoms with Crippen molar-refractivity contribution in [3.05, 3.63) is 91.0 Å². The van der Waals surface area contributed by atoms with E-state index in [4.69, 9.17) is 19.9 Å². The molecule has 0 bridgehead atoms. The van der Waals surface area contributed by atoms with Gasteiger partial charge in [0.1, 0.15) is 17.2 Å². The molecule has 0 saturated carbocycles. The van der Waals surface area contributed by atoms with Gasteiger partial charge in [-0.05, 0) is 55.7 Å². The summed E-state index contributed by atoms with van der Waals surface area (Å²) >= 11 is 0. The highest BCUT2D eigenvalue weighted by molar-refractivity contribution is 5.22. The molecule has 4 heteroatoms. The lowest BCUT2D eigenvalue weighted by molar-refractivity contribution is 0.178.